The summed E-state index contributed by atoms with van der Waals surface area (Å²) in [7, 11) is 2.03. The van der Waals surface area contributed by atoms with Gasteiger partial charge in [-0.25, -0.2) is 0 Å². The van der Waals surface area contributed by atoms with Crippen molar-refractivity contribution in [3.8, 4) is 5.75 Å². The minimum absolute atomic E-state index is 0.116. The van der Waals surface area contributed by atoms with E-state index in [0.717, 1.165) is 35.3 Å². The Balaban J connectivity index is 1.46. The molecule has 1 atom stereocenters. The molecule has 1 amide bonds. The molecular weight excluding hydrogens is 336 g/mol. The predicted octanol–water partition coefficient (Wildman–Crippen LogP) is 3.10. The molecular formula is C19H20N2O3S. The molecule has 1 aliphatic heterocycles. The van der Waals surface area contributed by atoms with Crippen molar-refractivity contribution < 1.29 is 14.3 Å². The average molecular weight is 356 g/mol. The van der Waals surface area contributed by atoms with Gasteiger partial charge in [0, 0.05) is 30.9 Å². The third-order valence-corrected chi connectivity index (χ3v) is 4.81. The van der Waals surface area contributed by atoms with Crippen LogP contribution in [0.2, 0.25) is 0 Å². The Bertz CT molecular complexity index is 734. The number of amides is 1. The van der Waals surface area contributed by atoms with E-state index in [2.05, 4.69) is 22.3 Å². The SMILES string of the molecule is CN(CCOc1ccc(CC2NC(=O)SC2=O)cc1)c1ccccc1. The van der Waals surface area contributed by atoms with Gasteiger partial charge in [0.2, 0.25) is 5.12 Å². The topological polar surface area (TPSA) is 58.6 Å². The number of anilines is 1. The van der Waals surface area contributed by atoms with Crippen LogP contribution in [0.4, 0.5) is 10.5 Å². The van der Waals surface area contributed by atoms with Gasteiger partial charge in [0.1, 0.15) is 18.4 Å². The zero-order valence-corrected chi connectivity index (χ0v) is 14.8. The largest absolute Gasteiger partial charge is 0.492 e. The Kier molecular flexibility index (Phi) is 5.60. The van der Waals surface area contributed by atoms with Crippen LogP contribution < -0.4 is 15.0 Å². The minimum atomic E-state index is -0.427. The molecule has 0 spiro atoms. The molecule has 2 aromatic carbocycles. The first-order valence-corrected chi connectivity index (χ1v) is 8.93. The van der Waals surface area contributed by atoms with Gasteiger partial charge in [-0.15, -0.1) is 0 Å². The number of benzene rings is 2. The molecule has 0 bridgehead atoms. The van der Waals surface area contributed by atoms with E-state index in [0.29, 0.717) is 13.0 Å². The summed E-state index contributed by atoms with van der Waals surface area (Å²) in [6.07, 6.45) is 0.509. The van der Waals surface area contributed by atoms with Crippen LogP contribution >= 0.6 is 11.8 Å². The Morgan fingerprint density at radius 3 is 2.44 bits per heavy atom. The molecule has 25 heavy (non-hydrogen) atoms. The Morgan fingerprint density at radius 1 is 1.08 bits per heavy atom. The van der Waals surface area contributed by atoms with Crippen molar-refractivity contribution in [2.75, 3.05) is 25.1 Å². The summed E-state index contributed by atoms with van der Waals surface area (Å²) in [5.41, 5.74) is 2.15. The van der Waals surface area contributed by atoms with Crippen molar-refractivity contribution in [1.82, 2.24) is 5.32 Å². The highest BCUT2D eigenvalue weighted by Crippen LogP contribution is 2.20. The highest BCUT2D eigenvalue weighted by Gasteiger charge is 2.31. The second-order valence-corrected chi connectivity index (χ2v) is 6.84. The third kappa shape index (κ3) is 4.76. The molecule has 1 N–H and O–H groups in total. The van der Waals surface area contributed by atoms with Gasteiger partial charge in [0.25, 0.3) is 5.24 Å². The molecule has 1 heterocycles. The molecule has 1 aliphatic rings. The van der Waals surface area contributed by atoms with Crippen LogP contribution in [-0.4, -0.2) is 36.6 Å². The number of ether oxygens (including phenoxy) is 1. The number of hydrogen-bond acceptors (Lipinski definition) is 5. The lowest BCUT2D eigenvalue weighted by Gasteiger charge is -2.19. The van der Waals surface area contributed by atoms with Crippen LogP contribution in [0.25, 0.3) is 0 Å². The second-order valence-electron chi connectivity index (χ2n) is 5.86. The van der Waals surface area contributed by atoms with Crippen molar-refractivity contribution in [1.29, 1.82) is 0 Å². The monoisotopic (exact) mass is 356 g/mol. The lowest BCUT2D eigenvalue weighted by molar-refractivity contribution is -0.112. The molecule has 3 rings (SSSR count). The van der Waals surface area contributed by atoms with Crippen LogP contribution in [0, 0.1) is 0 Å². The van der Waals surface area contributed by atoms with Gasteiger partial charge in [0.05, 0.1) is 6.54 Å². The number of thioether (sulfide) groups is 1. The summed E-state index contributed by atoms with van der Waals surface area (Å²) in [6.45, 7) is 1.37. The van der Waals surface area contributed by atoms with E-state index in [1.165, 1.54) is 0 Å². The minimum Gasteiger partial charge on any atom is -0.492 e. The normalized spacial score (nSPS) is 16.6. The number of hydrogen-bond donors (Lipinski definition) is 1. The fourth-order valence-electron chi connectivity index (χ4n) is 2.60. The average Bonchev–Trinajstić information content (AvgIpc) is 2.94. The Hall–Kier alpha value is -2.47. The molecule has 5 nitrogen and oxygen atoms in total. The fourth-order valence-corrected chi connectivity index (χ4v) is 3.27. The van der Waals surface area contributed by atoms with Crippen LogP contribution in [0.15, 0.2) is 54.6 Å². The van der Waals surface area contributed by atoms with E-state index in [9.17, 15) is 9.59 Å². The summed E-state index contributed by atoms with van der Waals surface area (Å²) >= 11 is 0.745. The molecule has 6 heteroatoms. The quantitative estimate of drug-likeness (QED) is 0.826. The van der Waals surface area contributed by atoms with Crippen molar-refractivity contribution in [2.24, 2.45) is 0 Å². The van der Waals surface area contributed by atoms with Crippen LogP contribution in [0.3, 0.4) is 0 Å². The first-order chi connectivity index (χ1) is 12.1. The summed E-state index contributed by atoms with van der Waals surface area (Å²) < 4.78 is 5.78. The standard InChI is InChI=1S/C19H20N2O3S/c1-21(15-5-3-2-4-6-15)11-12-24-16-9-7-14(8-10-16)13-17-18(22)25-19(23)20-17/h2-10,17H,11-13H2,1H3,(H,20,23). The highest BCUT2D eigenvalue weighted by atomic mass is 32.2. The zero-order chi connectivity index (χ0) is 17.6. The molecule has 0 aromatic heterocycles. The van der Waals surface area contributed by atoms with Gasteiger partial charge < -0.3 is 15.0 Å². The summed E-state index contributed by atoms with van der Waals surface area (Å²) in [4.78, 5) is 25.0. The van der Waals surface area contributed by atoms with E-state index in [1.54, 1.807) is 0 Å². The van der Waals surface area contributed by atoms with Crippen LogP contribution in [-0.2, 0) is 11.2 Å². The van der Waals surface area contributed by atoms with Gasteiger partial charge in [-0.1, -0.05) is 30.3 Å². The molecule has 2 aromatic rings. The van der Waals surface area contributed by atoms with E-state index in [1.807, 2.05) is 49.5 Å². The Morgan fingerprint density at radius 2 is 1.80 bits per heavy atom. The molecule has 130 valence electrons. The van der Waals surface area contributed by atoms with Gasteiger partial charge in [-0.05, 0) is 29.8 Å². The number of rotatable bonds is 7. The lowest BCUT2D eigenvalue weighted by Crippen LogP contribution is -2.30. The number of nitrogens with one attached hydrogen (secondary N) is 1. The number of carbonyl (C=O) groups is 2. The van der Waals surface area contributed by atoms with Gasteiger partial charge in [0.15, 0.2) is 0 Å². The van der Waals surface area contributed by atoms with Gasteiger partial charge >= 0.3 is 0 Å². The maximum absolute atomic E-state index is 11.6. The first-order valence-electron chi connectivity index (χ1n) is 8.12. The summed E-state index contributed by atoms with van der Waals surface area (Å²) in [5.74, 6) is 0.793. The van der Waals surface area contributed by atoms with E-state index >= 15 is 0 Å². The van der Waals surface area contributed by atoms with Crippen molar-refractivity contribution in [3.05, 3.63) is 60.2 Å². The molecule has 1 saturated heterocycles. The second kappa shape index (κ2) is 8.07. The zero-order valence-electron chi connectivity index (χ0n) is 14.0. The highest BCUT2D eigenvalue weighted by molar-refractivity contribution is 8.26. The maximum Gasteiger partial charge on any atom is 0.287 e. The maximum atomic E-state index is 11.6. The summed E-state index contributed by atoms with van der Waals surface area (Å²) in [5, 5.41) is 2.28. The number of nitrogens with zero attached hydrogens (tertiary/aromatic N) is 1. The molecule has 0 saturated carbocycles. The van der Waals surface area contributed by atoms with E-state index < -0.39 is 6.04 Å². The van der Waals surface area contributed by atoms with Crippen molar-refractivity contribution >= 4 is 27.8 Å². The predicted molar refractivity (Wildman–Crippen MR) is 100 cm³/mol. The first kappa shape index (κ1) is 17.4. The molecule has 1 fully saturated rings. The van der Waals surface area contributed by atoms with Crippen LogP contribution in [0.5, 0.6) is 5.75 Å². The number of carbonyl (C=O) groups excluding carboxylic acids is 2. The van der Waals surface area contributed by atoms with Gasteiger partial charge in [-0.2, -0.15) is 0 Å². The number of likely N-dealkylation sites (N-methyl/N-ethyl adjacent to an activating group) is 1. The van der Waals surface area contributed by atoms with Crippen LogP contribution in [0.1, 0.15) is 5.56 Å². The van der Waals surface area contributed by atoms with Crippen molar-refractivity contribution in [3.63, 3.8) is 0 Å². The van der Waals surface area contributed by atoms with Crippen molar-refractivity contribution in [2.45, 2.75) is 12.5 Å². The molecule has 0 radical (unpaired) electrons. The smallest absolute Gasteiger partial charge is 0.287 e. The Labute approximate surface area is 151 Å². The van der Waals surface area contributed by atoms with E-state index in [-0.39, 0.29) is 10.4 Å². The van der Waals surface area contributed by atoms with Gasteiger partial charge in [-0.3, -0.25) is 9.59 Å². The third-order valence-electron chi connectivity index (χ3n) is 4.03. The number of para-hydroxylation sites is 1. The molecule has 1 unspecified atom stereocenters. The lowest BCUT2D eigenvalue weighted by atomic mass is 10.1. The molecule has 0 aliphatic carbocycles. The summed E-state index contributed by atoms with van der Waals surface area (Å²) in [6, 6.07) is 17.4. The van der Waals surface area contributed by atoms with E-state index in [4.69, 9.17) is 4.74 Å². The fraction of sp³-hybridized carbons (Fsp3) is 0.263.